The number of benzene rings is 12. The van der Waals surface area contributed by atoms with Crippen molar-refractivity contribution in [2.75, 3.05) is 9.80 Å². The smallest absolute Gasteiger partial charge is 0.159 e. The number of rotatable bonds is 11. The summed E-state index contributed by atoms with van der Waals surface area (Å²) in [5, 5.41) is 9.22. The third-order valence-corrected chi connectivity index (χ3v) is 18.3. The van der Waals surface area contributed by atoms with Crippen molar-refractivity contribution >= 4 is 99.5 Å². The molecule has 0 fully saturated rings. The molecule has 458 valence electrons. The first-order valence-electron chi connectivity index (χ1n) is 32.9. The van der Waals surface area contributed by atoms with Crippen molar-refractivity contribution in [3.05, 3.63) is 288 Å². The van der Waals surface area contributed by atoms with Gasteiger partial charge in [-0.1, -0.05) is 250 Å². The Hall–Kier alpha value is -10.6. The fourth-order valence-corrected chi connectivity index (χ4v) is 14.1. The van der Waals surface area contributed by atoms with Crippen molar-refractivity contribution in [1.29, 1.82) is 0 Å². The summed E-state index contributed by atoms with van der Waals surface area (Å²) in [6.45, 7) is 21.9. The van der Waals surface area contributed by atoms with Crippen molar-refractivity contribution in [2.45, 2.75) is 99.3 Å². The number of hydrogen-bond donors (Lipinski definition) is 0. The Morgan fingerprint density at radius 2 is 0.978 bits per heavy atom. The van der Waals surface area contributed by atoms with Crippen LogP contribution in [0, 0.1) is 12.8 Å². The van der Waals surface area contributed by atoms with Crippen molar-refractivity contribution in [3.8, 4) is 46.6 Å². The van der Waals surface area contributed by atoms with Gasteiger partial charge in [-0.15, -0.1) is 12.8 Å². The maximum atomic E-state index is 7.47. The lowest BCUT2D eigenvalue weighted by molar-refractivity contribution is 0.437. The highest BCUT2D eigenvalue weighted by Crippen LogP contribution is 2.54. The molecule has 15 rings (SSSR count). The predicted molar refractivity (Wildman–Crippen MR) is 400 cm³/mol. The number of para-hydroxylation sites is 4. The zero-order valence-corrected chi connectivity index (χ0v) is 55.2. The highest BCUT2D eigenvalue weighted by molar-refractivity contribution is 6.28. The second kappa shape index (κ2) is 25.2. The predicted octanol–water partition coefficient (Wildman–Crippen LogP) is 26.0. The Balaban J connectivity index is 0.00000193. The molecule has 2 aliphatic rings. The van der Waals surface area contributed by atoms with E-state index in [1.807, 2.05) is 13.8 Å². The fraction of sp³-hybridized carbons (Fsp3) is 0.169. The largest absolute Gasteiger partial charge is 0.454 e. The highest BCUT2D eigenvalue weighted by Gasteiger charge is 2.32. The third kappa shape index (κ3) is 11.2. The van der Waals surface area contributed by atoms with E-state index >= 15 is 0 Å². The first-order chi connectivity index (χ1) is 45.3. The molecular formula is C89H80N2O2. The van der Waals surface area contributed by atoms with Crippen LogP contribution in [0.3, 0.4) is 0 Å². The Morgan fingerprint density at radius 1 is 0.452 bits per heavy atom. The fourth-order valence-electron chi connectivity index (χ4n) is 14.1. The summed E-state index contributed by atoms with van der Waals surface area (Å²) in [6.07, 6.45) is 24.4. The van der Waals surface area contributed by atoms with Crippen LogP contribution >= 0.6 is 0 Å². The van der Waals surface area contributed by atoms with Crippen LogP contribution in [-0.4, -0.2) is 0 Å². The molecule has 0 bridgehead atoms. The van der Waals surface area contributed by atoms with E-state index in [1.165, 1.54) is 49.4 Å². The summed E-state index contributed by atoms with van der Waals surface area (Å²) in [7, 11) is 0. The Labute approximate surface area is 549 Å². The Kier molecular flexibility index (Phi) is 16.6. The number of furan rings is 1. The van der Waals surface area contributed by atoms with Gasteiger partial charge in [0.15, 0.2) is 11.3 Å². The van der Waals surface area contributed by atoms with Gasteiger partial charge in [0.2, 0.25) is 0 Å². The zero-order chi connectivity index (χ0) is 64.7. The van der Waals surface area contributed by atoms with Crippen LogP contribution in [0.15, 0.2) is 259 Å². The van der Waals surface area contributed by atoms with Crippen LogP contribution < -0.4 is 14.5 Å². The van der Waals surface area contributed by atoms with Crippen molar-refractivity contribution < 1.29 is 9.15 Å². The molecule has 0 unspecified atom stereocenters. The minimum Gasteiger partial charge on any atom is -0.454 e. The topological polar surface area (TPSA) is 28.9 Å². The molecule has 0 radical (unpaired) electrons. The lowest BCUT2D eigenvalue weighted by Gasteiger charge is -2.34. The van der Waals surface area contributed by atoms with E-state index in [0.29, 0.717) is 0 Å². The average Bonchev–Trinajstić information content (AvgIpc) is 1.17. The third-order valence-electron chi connectivity index (χ3n) is 18.3. The standard InChI is InChI=1S/C85H72N2O2.C2H6.C2H2/c1-9-24-54(10-2)62-48-63(55-25-14-11-15-26-55)51-66(50-62)86(76-37-21-32-61-47-60-31-20-35-72(84(3,4)5)80(60)88-81(61)76)74-45-41-58-40-44-71-75(46-42-59-39-43-70(74)78(58)79(59)71)87(77-38-23-34-69-68-33-22-36-73(85(6,7)8)82(68)89-83(69)77)67-52-64(56-27-16-12-17-28-56)49-65(53-67)57-29-18-13-19-30-57;2*1-2/h9-12,14-18,20-46,48-53H,13,19,47H2,1-8H3;1-2H3;1-2H/b24-9-,54-10+;;. The zero-order valence-electron chi connectivity index (χ0n) is 55.2. The number of allylic oxidation sites excluding steroid dienone is 8. The van der Waals surface area contributed by atoms with E-state index in [2.05, 4.69) is 333 Å². The van der Waals surface area contributed by atoms with E-state index in [0.717, 1.165) is 137 Å². The maximum absolute atomic E-state index is 7.47. The van der Waals surface area contributed by atoms with Gasteiger partial charge in [-0.05, 0) is 170 Å². The molecule has 0 saturated carbocycles. The van der Waals surface area contributed by atoms with Crippen LogP contribution in [0.5, 0.6) is 11.5 Å². The molecule has 12 aromatic carbocycles. The number of hydrogen-bond acceptors (Lipinski definition) is 4. The van der Waals surface area contributed by atoms with Crippen LogP contribution in [0.1, 0.15) is 115 Å². The lowest BCUT2D eigenvalue weighted by atomic mass is 9.83. The summed E-state index contributed by atoms with van der Waals surface area (Å²) < 4.78 is 14.8. The normalized spacial score (nSPS) is 13.1. The Morgan fingerprint density at radius 3 is 1.58 bits per heavy atom. The number of nitrogens with zero attached hydrogens (tertiary/aromatic N) is 2. The van der Waals surface area contributed by atoms with Gasteiger partial charge in [-0.25, -0.2) is 0 Å². The van der Waals surface area contributed by atoms with E-state index in [4.69, 9.17) is 9.15 Å². The quantitative estimate of drug-likeness (QED) is 0.0733. The lowest BCUT2D eigenvalue weighted by Crippen LogP contribution is -2.18. The maximum Gasteiger partial charge on any atom is 0.159 e. The SMILES string of the molecule is C#C.C/C=C\C(=C/C)c1cc(-c2ccccc2)cc(N(c2cccc3c2Oc2c(cccc2C(C)(C)C)C3)c2ccc3ccc4c(N(c5cc(C6=CCCC=C6)cc(-c6ccccc6)c5)c5cccc6c5oc5c(C(C)(C)C)cccc56)ccc5ccc2c3c54)c1.CC. The van der Waals surface area contributed by atoms with Gasteiger partial charge in [0.25, 0.3) is 0 Å². The first kappa shape index (κ1) is 61.3. The highest BCUT2D eigenvalue weighted by atomic mass is 16.5. The molecule has 0 saturated heterocycles. The summed E-state index contributed by atoms with van der Waals surface area (Å²) in [5.74, 6) is 1.83. The number of ether oxygens (including phenoxy) is 1. The molecule has 93 heavy (non-hydrogen) atoms. The number of terminal acetylenes is 1. The van der Waals surface area contributed by atoms with Crippen LogP contribution in [0.2, 0.25) is 0 Å². The minimum absolute atomic E-state index is 0.141. The van der Waals surface area contributed by atoms with E-state index in [1.54, 1.807) is 0 Å². The van der Waals surface area contributed by atoms with Gasteiger partial charge in [0.05, 0.1) is 22.7 Å². The molecule has 0 spiro atoms. The van der Waals surface area contributed by atoms with Crippen molar-refractivity contribution in [1.82, 2.24) is 0 Å². The van der Waals surface area contributed by atoms with Gasteiger partial charge in [-0.3, -0.25) is 0 Å². The summed E-state index contributed by atoms with van der Waals surface area (Å²) in [5.41, 5.74) is 21.7. The molecule has 4 nitrogen and oxygen atoms in total. The minimum atomic E-state index is -0.142. The average molecular weight is 1210 g/mol. The second-order valence-corrected chi connectivity index (χ2v) is 26.2. The molecule has 0 amide bonds. The monoisotopic (exact) mass is 1210 g/mol. The Bertz CT molecular complexity index is 5110. The van der Waals surface area contributed by atoms with Crippen molar-refractivity contribution in [3.63, 3.8) is 0 Å². The second-order valence-electron chi connectivity index (χ2n) is 26.2. The number of anilines is 6. The van der Waals surface area contributed by atoms with E-state index in [9.17, 15) is 0 Å². The van der Waals surface area contributed by atoms with Crippen molar-refractivity contribution in [2.24, 2.45) is 0 Å². The summed E-state index contributed by atoms with van der Waals surface area (Å²) in [6, 6.07) is 81.2. The summed E-state index contributed by atoms with van der Waals surface area (Å²) in [4.78, 5) is 4.97. The summed E-state index contributed by atoms with van der Waals surface area (Å²) >= 11 is 0. The van der Waals surface area contributed by atoms with Crippen LogP contribution in [0.25, 0.3) is 87.7 Å². The van der Waals surface area contributed by atoms with Crippen LogP contribution in [-0.2, 0) is 17.3 Å². The molecule has 0 N–H and O–H groups in total. The molecule has 13 aromatic rings. The molecule has 4 heteroatoms. The van der Waals surface area contributed by atoms with Gasteiger partial charge in [-0.2, -0.15) is 0 Å². The molecule has 2 heterocycles. The van der Waals surface area contributed by atoms with Gasteiger partial charge < -0.3 is 19.0 Å². The van der Waals surface area contributed by atoms with Crippen LogP contribution in [0.4, 0.5) is 34.1 Å². The van der Waals surface area contributed by atoms with Gasteiger partial charge in [0.1, 0.15) is 11.3 Å². The molecule has 0 atom stereocenters. The molecular weight excluding hydrogens is 1130 g/mol. The van der Waals surface area contributed by atoms with E-state index < -0.39 is 0 Å². The number of fused-ring (bicyclic) bond motifs is 5. The van der Waals surface area contributed by atoms with Gasteiger partial charge in [0, 0.05) is 56.0 Å². The van der Waals surface area contributed by atoms with Gasteiger partial charge >= 0.3 is 0 Å². The van der Waals surface area contributed by atoms with E-state index in [-0.39, 0.29) is 10.8 Å². The molecule has 1 aliphatic carbocycles. The molecule has 1 aromatic heterocycles. The first-order valence-corrected chi connectivity index (χ1v) is 32.9. The molecule has 1 aliphatic heterocycles.